The van der Waals surface area contributed by atoms with Crippen molar-refractivity contribution in [1.82, 2.24) is 24.7 Å². The van der Waals surface area contributed by atoms with E-state index in [1.54, 1.807) is 0 Å². The number of aryl methyl sites for hydroxylation is 1. The smallest absolute Gasteiger partial charge is 0.322 e. The van der Waals surface area contributed by atoms with Gasteiger partial charge in [-0.1, -0.05) is 0 Å². The Morgan fingerprint density at radius 2 is 2.22 bits per heavy atom. The van der Waals surface area contributed by atoms with Gasteiger partial charge in [-0.3, -0.25) is 4.68 Å². The highest BCUT2D eigenvalue weighted by Gasteiger charge is 2.03. The molecule has 8 nitrogen and oxygen atoms in total. The van der Waals surface area contributed by atoms with E-state index in [2.05, 4.69) is 25.4 Å². The van der Waals surface area contributed by atoms with Gasteiger partial charge in [0, 0.05) is 12.7 Å². The highest BCUT2D eigenvalue weighted by molar-refractivity contribution is 5.32. The third-order valence-electron chi connectivity index (χ3n) is 2.20. The van der Waals surface area contributed by atoms with Gasteiger partial charge in [0.05, 0.1) is 19.9 Å². The predicted octanol–water partition coefficient (Wildman–Crippen LogP) is 0.0794. The van der Waals surface area contributed by atoms with Crippen LogP contribution in [0, 0.1) is 6.92 Å². The molecule has 3 N–H and O–H groups in total. The lowest BCUT2D eigenvalue weighted by Crippen LogP contribution is -2.14. The van der Waals surface area contributed by atoms with Crippen LogP contribution >= 0.6 is 0 Å². The molecular formula is C10H15N7O. The first-order valence-electron chi connectivity index (χ1n) is 5.46. The van der Waals surface area contributed by atoms with Crippen molar-refractivity contribution in [3.8, 4) is 6.01 Å². The molecule has 0 atom stereocenters. The molecule has 0 bridgehead atoms. The van der Waals surface area contributed by atoms with Gasteiger partial charge >= 0.3 is 6.01 Å². The molecule has 96 valence electrons. The van der Waals surface area contributed by atoms with E-state index in [0.29, 0.717) is 19.0 Å². The Hall–Kier alpha value is -2.38. The average Bonchev–Trinajstić information content (AvgIpc) is 2.74. The Labute approximate surface area is 104 Å². The normalized spacial score (nSPS) is 10.3. The highest BCUT2D eigenvalue weighted by atomic mass is 16.5. The van der Waals surface area contributed by atoms with Gasteiger partial charge in [0.15, 0.2) is 0 Å². The van der Waals surface area contributed by atoms with E-state index in [1.165, 1.54) is 7.11 Å². The number of aromatic nitrogens is 5. The standard InChI is InChI=1S/C10H15N7O/c1-7-5-13-17(6-7)4-3-12-9-14-8(11)15-10(16-9)18-2/h5-6H,3-4H2,1-2H3,(H3,11,12,14,15,16). The summed E-state index contributed by atoms with van der Waals surface area (Å²) in [5, 5.41) is 7.21. The Bertz CT molecular complexity index is 525. The minimum absolute atomic E-state index is 0.124. The summed E-state index contributed by atoms with van der Waals surface area (Å²) in [4.78, 5) is 11.8. The van der Waals surface area contributed by atoms with Gasteiger partial charge in [-0.25, -0.2) is 0 Å². The summed E-state index contributed by atoms with van der Waals surface area (Å²) < 4.78 is 6.74. The fraction of sp³-hybridized carbons (Fsp3) is 0.400. The van der Waals surface area contributed by atoms with Crippen molar-refractivity contribution in [2.75, 3.05) is 24.7 Å². The number of hydrogen-bond donors (Lipinski definition) is 2. The topological polar surface area (TPSA) is 104 Å². The molecule has 8 heteroatoms. The quantitative estimate of drug-likeness (QED) is 0.773. The molecule has 0 unspecified atom stereocenters. The van der Waals surface area contributed by atoms with E-state index >= 15 is 0 Å². The Balaban J connectivity index is 1.91. The van der Waals surface area contributed by atoms with Gasteiger partial charge in [0.25, 0.3) is 0 Å². The Morgan fingerprint density at radius 3 is 2.89 bits per heavy atom. The third-order valence-corrected chi connectivity index (χ3v) is 2.20. The summed E-state index contributed by atoms with van der Waals surface area (Å²) in [6, 6.07) is 0.194. The first-order valence-corrected chi connectivity index (χ1v) is 5.46. The van der Waals surface area contributed by atoms with E-state index in [4.69, 9.17) is 10.5 Å². The van der Waals surface area contributed by atoms with Crippen molar-refractivity contribution in [3.63, 3.8) is 0 Å². The summed E-state index contributed by atoms with van der Waals surface area (Å²) in [5.41, 5.74) is 6.65. The van der Waals surface area contributed by atoms with Gasteiger partial charge in [-0.15, -0.1) is 0 Å². The van der Waals surface area contributed by atoms with Crippen LogP contribution in [-0.2, 0) is 6.54 Å². The van der Waals surface area contributed by atoms with Crippen molar-refractivity contribution >= 4 is 11.9 Å². The second kappa shape index (κ2) is 5.30. The summed E-state index contributed by atoms with van der Waals surface area (Å²) in [6.07, 6.45) is 3.77. The van der Waals surface area contributed by atoms with Crippen LogP contribution in [0.25, 0.3) is 0 Å². The van der Waals surface area contributed by atoms with Gasteiger partial charge in [-0.2, -0.15) is 20.1 Å². The number of hydrogen-bond acceptors (Lipinski definition) is 7. The maximum atomic E-state index is 5.52. The summed E-state index contributed by atoms with van der Waals surface area (Å²) >= 11 is 0. The molecule has 0 fully saturated rings. The zero-order valence-electron chi connectivity index (χ0n) is 10.3. The molecule has 0 aliphatic heterocycles. The fourth-order valence-corrected chi connectivity index (χ4v) is 1.41. The second-order valence-corrected chi connectivity index (χ2v) is 3.71. The SMILES string of the molecule is COc1nc(N)nc(NCCn2cc(C)cn2)n1. The molecule has 2 rings (SSSR count). The number of methoxy groups -OCH3 is 1. The van der Waals surface area contributed by atoms with E-state index < -0.39 is 0 Å². The number of nitrogen functional groups attached to an aromatic ring is 1. The molecule has 0 radical (unpaired) electrons. The van der Waals surface area contributed by atoms with Gasteiger partial charge < -0.3 is 15.8 Å². The molecule has 0 aliphatic carbocycles. The maximum absolute atomic E-state index is 5.52. The summed E-state index contributed by atoms with van der Waals surface area (Å²) in [7, 11) is 1.48. The molecular weight excluding hydrogens is 234 g/mol. The lowest BCUT2D eigenvalue weighted by Gasteiger charge is -2.06. The molecule has 2 aromatic rings. The van der Waals surface area contributed by atoms with Crippen molar-refractivity contribution in [1.29, 1.82) is 0 Å². The number of ether oxygens (including phenoxy) is 1. The van der Waals surface area contributed by atoms with Crippen LogP contribution in [0.15, 0.2) is 12.4 Å². The molecule has 0 aromatic carbocycles. The molecule has 0 amide bonds. The summed E-state index contributed by atoms with van der Waals surface area (Å²) in [6.45, 7) is 3.34. The number of nitrogens with one attached hydrogen (secondary N) is 1. The number of nitrogens with two attached hydrogens (primary N) is 1. The Kier molecular flexibility index (Phi) is 3.56. The minimum Gasteiger partial charge on any atom is -0.467 e. The monoisotopic (exact) mass is 249 g/mol. The molecule has 2 aromatic heterocycles. The molecule has 18 heavy (non-hydrogen) atoms. The zero-order valence-corrected chi connectivity index (χ0v) is 10.3. The van der Waals surface area contributed by atoms with E-state index in [1.807, 2.05) is 24.0 Å². The van der Waals surface area contributed by atoms with Gasteiger partial charge in [0.1, 0.15) is 0 Å². The van der Waals surface area contributed by atoms with Crippen LogP contribution in [0.1, 0.15) is 5.56 Å². The van der Waals surface area contributed by atoms with Crippen LogP contribution < -0.4 is 15.8 Å². The first-order chi connectivity index (χ1) is 8.67. The second-order valence-electron chi connectivity index (χ2n) is 3.71. The molecule has 0 aliphatic rings. The molecule has 0 saturated carbocycles. The zero-order chi connectivity index (χ0) is 13.0. The van der Waals surface area contributed by atoms with Crippen LogP contribution in [0.4, 0.5) is 11.9 Å². The number of rotatable bonds is 5. The van der Waals surface area contributed by atoms with Crippen molar-refractivity contribution < 1.29 is 4.74 Å². The first kappa shape index (κ1) is 12.1. The predicted molar refractivity (Wildman–Crippen MR) is 66.2 cm³/mol. The molecule has 2 heterocycles. The van der Waals surface area contributed by atoms with Crippen LogP contribution in [0.2, 0.25) is 0 Å². The minimum atomic E-state index is 0.124. The van der Waals surface area contributed by atoms with Crippen molar-refractivity contribution in [2.24, 2.45) is 0 Å². The van der Waals surface area contributed by atoms with E-state index in [0.717, 1.165) is 5.56 Å². The van der Waals surface area contributed by atoms with E-state index in [9.17, 15) is 0 Å². The van der Waals surface area contributed by atoms with E-state index in [-0.39, 0.29) is 12.0 Å². The third kappa shape index (κ3) is 3.06. The van der Waals surface area contributed by atoms with Gasteiger partial charge in [-0.05, 0) is 12.5 Å². The number of anilines is 2. The average molecular weight is 249 g/mol. The van der Waals surface area contributed by atoms with Crippen LogP contribution in [0.5, 0.6) is 6.01 Å². The van der Waals surface area contributed by atoms with Crippen LogP contribution in [-0.4, -0.2) is 38.4 Å². The van der Waals surface area contributed by atoms with Crippen LogP contribution in [0.3, 0.4) is 0 Å². The van der Waals surface area contributed by atoms with Crippen molar-refractivity contribution in [3.05, 3.63) is 18.0 Å². The maximum Gasteiger partial charge on any atom is 0.322 e. The molecule has 0 saturated heterocycles. The van der Waals surface area contributed by atoms with Crippen molar-refractivity contribution in [2.45, 2.75) is 13.5 Å². The summed E-state index contributed by atoms with van der Waals surface area (Å²) in [5.74, 6) is 0.516. The Morgan fingerprint density at radius 1 is 1.39 bits per heavy atom. The number of nitrogens with zero attached hydrogens (tertiary/aromatic N) is 5. The lowest BCUT2D eigenvalue weighted by molar-refractivity contribution is 0.379. The molecule has 0 spiro atoms. The lowest BCUT2D eigenvalue weighted by atomic mass is 10.4. The van der Waals surface area contributed by atoms with Gasteiger partial charge in [0.2, 0.25) is 11.9 Å². The highest BCUT2D eigenvalue weighted by Crippen LogP contribution is 2.07. The fourth-order valence-electron chi connectivity index (χ4n) is 1.41. The largest absolute Gasteiger partial charge is 0.467 e.